The monoisotopic (exact) mass is 389 g/mol. The second-order valence-corrected chi connectivity index (χ2v) is 7.13. The minimum Gasteiger partial charge on any atom is -0.369 e. The number of hydrogen-bond acceptors (Lipinski definition) is 5. The molecule has 0 aliphatic rings. The van der Waals surface area contributed by atoms with Gasteiger partial charge >= 0.3 is 5.56 Å². The van der Waals surface area contributed by atoms with E-state index in [0.717, 1.165) is 11.3 Å². The molecule has 0 atom stereocenters. The first-order valence-corrected chi connectivity index (χ1v) is 9.29. The SMILES string of the molecule is Cc1nc2c(=O)nc(N)n(-c3ccccc3C(C)C)c2nc1-c1ccccc1F. The first kappa shape index (κ1) is 18.7. The maximum Gasteiger partial charge on any atom is 0.302 e. The Hall–Kier alpha value is -3.61. The van der Waals surface area contributed by atoms with E-state index in [1.165, 1.54) is 6.07 Å². The van der Waals surface area contributed by atoms with Gasteiger partial charge in [0.1, 0.15) is 5.82 Å². The fourth-order valence-corrected chi connectivity index (χ4v) is 3.45. The Kier molecular flexibility index (Phi) is 4.58. The second-order valence-electron chi connectivity index (χ2n) is 7.13. The van der Waals surface area contributed by atoms with Crippen molar-refractivity contribution in [1.29, 1.82) is 0 Å². The third-order valence-electron chi connectivity index (χ3n) is 4.84. The third kappa shape index (κ3) is 3.14. The fourth-order valence-electron chi connectivity index (χ4n) is 3.45. The highest BCUT2D eigenvalue weighted by Crippen LogP contribution is 2.29. The number of benzene rings is 2. The van der Waals surface area contributed by atoms with Crippen LogP contribution in [0.25, 0.3) is 28.1 Å². The van der Waals surface area contributed by atoms with Crippen molar-refractivity contribution in [1.82, 2.24) is 19.5 Å². The van der Waals surface area contributed by atoms with E-state index in [4.69, 9.17) is 5.73 Å². The van der Waals surface area contributed by atoms with E-state index < -0.39 is 11.4 Å². The summed E-state index contributed by atoms with van der Waals surface area (Å²) in [6.07, 6.45) is 0. The Morgan fingerprint density at radius 3 is 2.41 bits per heavy atom. The molecule has 29 heavy (non-hydrogen) atoms. The lowest BCUT2D eigenvalue weighted by Gasteiger charge is -2.18. The quantitative estimate of drug-likeness (QED) is 0.572. The molecule has 4 rings (SSSR count). The van der Waals surface area contributed by atoms with Gasteiger partial charge in [0.25, 0.3) is 0 Å². The lowest BCUT2D eigenvalue weighted by Crippen LogP contribution is -2.20. The van der Waals surface area contributed by atoms with Gasteiger partial charge in [0, 0.05) is 5.56 Å². The summed E-state index contributed by atoms with van der Waals surface area (Å²) < 4.78 is 16.0. The number of aryl methyl sites for hydroxylation is 1. The van der Waals surface area contributed by atoms with Gasteiger partial charge in [-0.3, -0.25) is 9.36 Å². The van der Waals surface area contributed by atoms with Gasteiger partial charge in [-0.2, -0.15) is 4.98 Å². The number of halogens is 1. The molecule has 2 aromatic heterocycles. The van der Waals surface area contributed by atoms with E-state index in [-0.39, 0.29) is 23.0 Å². The average Bonchev–Trinajstić information content (AvgIpc) is 2.69. The summed E-state index contributed by atoms with van der Waals surface area (Å²) >= 11 is 0. The fraction of sp³-hybridized carbons (Fsp3) is 0.182. The highest BCUT2D eigenvalue weighted by atomic mass is 19.1. The predicted octanol–water partition coefficient (Wildman–Crippen LogP) is 4.00. The second kappa shape index (κ2) is 7.09. The number of para-hydroxylation sites is 1. The Bertz CT molecular complexity index is 1300. The van der Waals surface area contributed by atoms with Crippen LogP contribution in [-0.2, 0) is 0 Å². The van der Waals surface area contributed by atoms with Gasteiger partial charge in [0.2, 0.25) is 5.95 Å². The Balaban J connectivity index is 2.13. The molecule has 0 aliphatic carbocycles. The Morgan fingerprint density at radius 2 is 1.69 bits per heavy atom. The number of hydrogen-bond donors (Lipinski definition) is 1. The van der Waals surface area contributed by atoms with Crippen molar-refractivity contribution >= 4 is 17.1 Å². The summed E-state index contributed by atoms with van der Waals surface area (Å²) in [6.45, 7) is 5.82. The van der Waals surface area contributed by atoms with Gasteiger partial charge in [0.15, 0.2) is 11.2 Å². The summed E-state index contributed by atoms with van der Waals surface area (Å²) in [5.41, 5.74) is 8.82. The molecule has 0 bridgehead atoms. The van der Waals surface area contributed by atoms with E-state index in [2.05, 4.69) is 28.8 Å². The molecule has 2 heterocycles. The van der Waals surface area contributed by atoms with E-state index in [1.54, 1.807) is 29.7 Å². The predicted molar refractivity (Wildman–Crippen MR) is 112 cm³/mol. The minimum atomic E-state index is -0.563. The molecule has 0 saturated carbocycles. The van der Waals surface area contributed by atoms with Crippen LogP contribution in [0.15, 0.2) is 53.3 Å². The van der Waals surface area contributed by atoms with Crippen molar-refractivity contribution in [2.45, 2.75) is 26.7 Å². The summed E-state index contributed by atoms with van der Waals surface area (Å²) in [7, 11) is 0. The molecule has 146 valence electrons. The zero-order valence-electron chi connectivity index (χ0n) is 16.3. The molecule has 6 nitrogen and oxygen atoms in total. The van der Waals surface area contributed by atoms with Crippen LogP contribution in [0.1, 0.15) is 31.0 Å². The van der Waals surface area contributed by atoms with Crippen LogP contribution in [0.3, 0.4) is 0 Å². The Morgan fingerprint density at radius 1 is 1.00 bits per heavy atom. The third-order valence-corrected chi connectivity index (χ3v) is 4.84. The van der Waals surface area contributed by atoms with Crippen LogP contribution in [0, 0.1) is 12.7 Å². The number of anilines is 1. The molecule has 0 unspecified atom stereocenters. The van der Waals surface area contributed by atoms with E-state index in [9.17, 15) is 9.18 Å². The molecule has 0 spiro atoms. The number of nitrogen functional groups attached to an aromatic ring is 1. The molecule has 0 radical (unpaired) electrons. The van der Waals surface area contributed by atoms with Crippen LogP contribution in [0.5, 0.6) is 0 Å². The van der Waals surface area contributed by atoms with Crippen LogP contribution >= 0.6 is 0 Å². The molecule has 0 fully saturated rings. The summed E-state index contributed by atoms with van der Waals surface area (Å²) in [5, 5.41) is 0. The van der Waals surface area contributed by atoms with Crippen LogP contribution in [0.4, 0.5) is 10.3 Å². The standard InChI is InChI=1S/C22H20FN5O/c1-12(2)14-8-5-7-11-17(14)28-20-19(21(29)27-22(28)24)25-13(3)18(26-20)15-9-4-6-10-16(15)23/h4-12H,1-3H3,(H2,24,27,29). The number of rotatable bonds is 3. The summed E-state index contributed by atoms with van der Waals surface area (Å²) in [4.78, 5) is 25.5. The minimum absolute atomic E-state index is 0.00763. The summed E-state index contributed by atoms with van der Waals surface area (Å²) in [5.74, 6) is -0.208. The zero-order valence-corrected chi connectivity index (χ0v) is 16.3. The van der Waals surface area contributed by atoms with E-state index in [0.29, 0.717) is 17.0 Å². The van der Waals surface area contributed by atoms with Gasteiger partial charge in [0.05, 0.1) is 17.1 Å². The van der Waals surface area contributed by atoms with Gasteiger partial charge < -0.3 is 5.73 Å². The number of aromatic nitrogens is 4. The van der Waals surface area contributed by atoms with Crippen molar-refractivity contribution in [2.75, 3.05) is 5.73 Å². The van der Waals surface area contributed by atoms with Gasteiger partial charge in [-0.1, -0.05) is 44.2 Å². The van der Waals surface area contributed by atoms with Crippen molar-refractivity contribution in [3.63, 3.8) is 0 Å². The van der Waals surface area contributed by atoms with Crippen molar-refractivity contribution in [3.05, 3.63) is 76.0 Å². The normalized spacial score (nSPS) is 11.3. The maximum absolute atomic E-state index is 14.4. The molecule has 2 N–H and O–H groups in total. The number of fused-ring (bicyclic) bond motifs is 1. The molecule has 0 saturated heterocycles. The van der Waals surface area contributed by atoms with Crippen LogP contribution in [0.2, 0.25) is 0 Å². The van der Waals surface area contributed by atoms with Crippen molar-refractivity contribution in [2.24, 2.45) is 0 Å². The van der Waals surface area contributed by atoms with Gasteiger partial charge in [-0.15, -0.1) is 0 Å². The number of nitrogens with two attached hydrogens (primary N) is 1. The lowest BCUT2D eigenvalue weighted by molar-refractivity contribution is 0.630. The number of nitrogens with zero attached hydrogens (tertiary/aromatic N) is 4. The van der Waals surface area contributed by atoms with E-state index in [1.807, 2.05) is 24.3 Å². The first-order valence-electron chi connectivity index (χ1n) is 9.29. The maximum atomic E-state index is 14.4. The van der Waals surface area contributed by atoms with Crippen LogP contribution in [-0.4, -0.2) is 19.5 Å². The molecule has 0 aliphatic heterocycles. The molecular formula is C22H20FN5O. The largest absolute Gasteiger partial charge is 0.369 e. The van der Waals surface area contributed by atoms with Crippen LogP contribution < -0.4 is 11.3 Å². The molecule has 0 amide bonds. The zero-order chi connectivity index (χ0) is 20.7. The highest BCUT2D eigenvalue weighted by Gasteiger charge is 2.20. The molecule has 2 aromatic carbocycles. The first-order chi connectivity index (χ1) is 13.9. The van der Waals surface area contributed by atoms with Crippen molar-refractivity contribution < 1.29 is 4.39 Å². The Labute approximate surface area is 166 Å². The smallest absolute Gasteiger partial charge is 0.302 e. The molecule has 4 aromatic rings. The summed E-state index contributed by atoms with van der Waals surface area (Å²) in [6, 6.07) is 14.0. The topological polar surface area (TPSA) is 86.7 Å². The lowest BCUT2D eigenvalue weighted by atomic mass is 10.0. The molecular weight excluding hydrogens is 369 g/mol. The van der Waals surface area contributed by atoms with Gasteiger partial charge in [-0.05, 0) is 36.6 Å². The van der Waals surface area contributed by atoms with Crippen molar-refractivity contribution in [3.8, 4) is 16.9 Å². The van der Waals surface area contributed by atoms with E-state index >= 15 is 0 Å². The highest BCUT2D eigenvalue weighted by molar-refractivity contribution is 5.78. The molecule has 7 heteroatoms. The van der Waals surface area contributed by atoms with Gasteiger partial charge in [-0.25, -0.2) is 14.4 Å². The average molecular weight is 389 g/mol.